The van der Waals surface area contributed by atoms with Crippen molar-refractivity contribution in [3.05, 3.63) is 30.3 Å². The summed E-state index contributed by atoms with van der Waals surface area (Å²) in [4.78, 5) is 34.3. The molecule has 0 N–H and O–H groups in total. The number of carbonyl (C=O) groups excluding carboxylic acids is 3. The van der Waals surface area contributed by atoms with Crippen molar-refractivity contribution in [2.24, 2.45) is 0 Å². The van der Waals surface area contributed by atoms with E-state index < -0.39 is 42.5 Å². The molecular weight excluding hydrogens is 435 g/mol. The molecule has 0 spiro atoms. The van der Waals surface area contributed by atoms with E-state index in [0.717, 1.165) is 4.46 Å². The molecule has 1 aromatic carbocycles. The van der Waals surface area contributed by atoms with Crippen LogP contribution in [0.3, 0.4) is 0 Å². The van der Waals surface area contributed by atoms with E-state index in [4.69, 9.17) is 23.7 Å². The van der Waals surface area contributed by atoms with Gasteiger partial charge in [-0.3, -0.25) is 0 Å². The Morgan fingerprint density at radius 1 is 0.964 bits per heavy atom. The molecule has 2 rings (SSSR count). The summed E-state index contributed by atoms with van der Waals surface area (Å²) in [5.74, 6) is -1.57. The summed E-state index contributed by atoms with van der Waals surface area (Å²) in [6.45, 7) is 3.65. The van der Waals surface area contributed by atoms with Gasteiger partial charge in [-0.15, -0.1) is 0 Å². The molecule has 1 aromatic rings. The average Bonchev–Trinajstić information content (AvgIpc) is 2.63. The molecule has 0 amide bonds. The van der Waals surface area contributed by atoms with E-state index in [1.807, 2.05) is 30.3 Å². The summed E-state index contributed by atoms with van der Waals surface area (Å²) >= 11 is -0.215. The summed E-state index contributed by atoms with van der Waals surface area (Å²) < 4.78 is 28.5. The molecule has 1 saturated heterocycles. The van der Waals surface area contributed by atoms with Gasteiger partial charge in [-0.25, -0.2) is 0 Å². The van der Waals surface area contributed by atoms with Crippen molar-refractivity contribution in [1.82, 2.24) is 0 Å². The van der Waals surface area contributed by atoms with Crippen LogP contribution in [0.2, 0.25) is 4.82 Å². The van der Waals surface area contributed by atoms with E-state index in [1.54, 1.807) is 0 Å². The maximum atomic E-state index is 11.8. The molecule has 1 aliphatic heterocycles. The Morgan fingerprint density at radius 2 is 1.57 bits per heavy atom. The molecule has 1 heterocycles. The van der Waals surface area contributed by atoms with E-state index in [-0.39, 0.29) is 26.4 Å². The number of rotatable bonds is 7. The first-order valence-corrected chi connectivity index (χ1v) is 10.5. The summed E-state index contributed by atoms with van der Waals surface area (Å²) in [7, 11) is 1.48. The van der Waals surface area contributed by atoms with Crippen LogP contribution >= 0.6 is 0 Å². The zero-order valence-electron chi connectivity index (χ0n) is 16.2. The van der Waals surface area contributed by atoms with Crippen molar-refractivity contribution in [3.63, 3.8) is 0 Å². The second-order valence-electron chi connectivity index (χ2n) is 6.12. The number of carbonyl (C=O) groups is 3. The molecule has 5 atom stereocenters. The number of ether oxygens (including phenoxy) is 5. The molecule has 0 aromatic heterocycles. The molecule has 0 saturated carbocycles. The number of hydrogen-bond donors (Lipinski definition) is 0. The summed E-state index contributed by atoms with van der Waals surface area (Å²) in [6.07, 6.45) is -3.29. The molecule has 8 nitrogen and oxygen atoms in total. The maximum absolute atomic E-state index is 11.8. The molecule has 0 unspecified atom stereocenters. The van der Waals surface area contributed by atoms with Gasteiger partial charge < -0.3 is 0 Å². The van der Waals surface area contributed by atoms with Crippen LogP contribution in [0.1, 0.15) is 20.8 Å². The molecule has 1 fully saturated rings. The number of hydrogen-bond acceptors (Lipinski definition) is 8. The van der Waals surface area contributed by atoms with Crippen LogP contribution in [0.4, 0.5) is 0 Å². The topological polar surface area (TPSA) is 97.4 Å². The molecule has 0 aliphatic carbocycles. The van der Waals surface area contributed by atoms with Gasteiger partial charge in [-0.05, 0) is 0 Å². The van der Waals surface area contributed by atoms with Crippen LogP contribution in [-0.2, 0) is 38.1 Å². The predicted molar refractivity (Wildman–Crippen MR) is 99.0 cm³/mol. The minimum atomic E-state index is -0.928. The molecular formula is C19H24O8Se. The first-order chi connectivity index (χ1) is 13.3. The first kappa shape index (κ1) is 22.4. The Kier molecular flexibility index (Phi) is 8.44. The van der Waals surface area contributed by atoms with Crippen molar-refractivity contribution in [1.29, 1.82) is 0 Å². The first-order valence-electron chi connectivity index (χ1n) is 8.69. The van der Waals surface area contributed by atoms with Gasteiger partial charge in [0.05, 0.1) is 0 Å². The number of esters is 3. The Labute approximate surface area is 170 Å². The fourth-order valence-electron chi connectivity index (χ4n) is 2.84. The predicted octanol–water partition coefficient (Wildman–Crippen LogP) is 0.602. The van der Waals surface area contributed by atoms with Gasteiger partial charge in [-0.1, -0.05) is 0 Å². The van der Waals surface area contributed by atoms with Crippen LogP contribution in [0.15, 0.2) is 30.3 Å². The SMILES string of the molecule is CO[C@@H]1O[C@H](COC(C)=O)[C@@H](OC(C)=O)[C@H](OC(C)=O)[C@@H]1[Se]c1ccccc1. The van der Waals surface area contributed by atoms with Crippen molar-refractivity contribution >= 4 is 37.3 Å². The van der Waals surface area contributed by atoms with E-state index >= 15 is 0 Å². The average molecular weight is 459 g/mol. The Morgan fingerprint density at radius 3 is 2.11 bits per heavy atom. The van der Waals surface area contributed by atoms with Crippen molar-refractivity contribution < 1.29 is 38.1 Å². The number of benzene rings is 1. The zero-order chi connectivity index (χ0) is 20.7. The van der Waals surface area contributed by atoms with Crippen LogP contribution in [-0.4, -0.2) is 71.2 Å². The van der Waals surface area contributed by atoms with Crippen molar-refractivity contribution in [3.8, 4) is 0 Å². The molecule has 0 radical (unpaired) electrons. The molecule has 9 heteroatoms. The third kappa shape index (κ3) is 6.31. The summed E-state index contributed by atoms with van der Waals surface area (Å²) in [5, 5.41) is 0. The Hall–Kier alpha value is -1.93. The van der Waals surface area contributed by atoms with E-state index in [2.05, 4.69) is 0 Å². The van der Waals surface area contributed by atoms with Gasteiger partial charge in [0.2, 0.25) is 0 Å². The van der Waals surface area contributed by atoms with Crippen LogP contribution in [0, 0.1) is 0 Å². The minimum absolute atomic E-state index is 0.157. The second kappa shape index (κ2) is 10.6. The Bertz CT molecular complexity index is 680. The van der Waals surface area contributed by atoms with Crippen molar-refractivity contribution in [2.75, 3.05) is 13.7 Å². The van der Waals surface area contributed by atoms with Crippen LogP contribution in [0.5, 0.6) is 0 Å². The normalized spacial score (nSPS) is 26.9. The van der Waals surface area contributed by atoms with Gasteiger partial charge in [0, 0.05) is 0 Å². The van der Waals surface area contributed by atoms with Crippen LogP contribution < -0.4 is 4.46 Å². The van der Waals surface area contributed by atoms with E-state index in [1.165, 1.54) is 27.9 Å². The summed E-state index contributed by atoms with van der Waals surface area (Å²) in [6, 6.07) is 9.66. The van der Waals surface area contributed by atoms with Gasteiger partial charge in [0.15, 0.2) is 0 Å². The van der Waals surface area contributed by atoms with E-state index in [9.17, 15) is 14.4 Å². The standard InChI is InChI=1S/C19H24O8Se/c1-11(20)24-10-15-16(25-12(2)21)17(26-13(3)22)18(19(23-4)27-15)28-14-8-6-5-7-9-14/h5-9,15-19H,10H2,1-4H3/t15-,16-,17+,18+,19-/m1/s1. The summed E-state index contributed by atoms with van der Waals surface area (Å²) in [5.41, 5.74) is 0. The molecule has 0 bridgehead atoms. The Balaban J connectivity index is 2.36. The van der Waals surface area contributed by atoms with E-state index in [0.29, 0.717) is 0 Å². The van der Waals surface area contributed by atoms with Gasteiger partial charge >= 0.3 is 170 Å². The van der Waals surface area contributed by atoms with Gasteiger partial charge in [0.25, 0.3) is 0 Å². The third-order valence-corrected chi connectivity index (χ3v) is 6.64. The third-order valence-electron chi connectivity index (χ3n) is 3.89. The van der Waals surface area contributed by atoms with Gasteiger partial charge in [0.1, 0.15) is 0 Å². The monoisotopic (exact) mass is 460 g/mol. The van der Waals surface area contributed by atoms with Crippen LogP contribution in [0.25, 0.3) is 0 Å². The van der Waals surface area contributed by atoms with Crippen molar-refractivity contribution in [2.45, 2.75) is 50.2 Å². The second-order valence-corrected chi connectivity index (χ2v) is 8.75. The quantitative estimate of drug-likeness (QED) is 0.332. The molecule has 154 valence electrons. The fourth-order valence-corrected chi connectivity index (χ4v) is 5.49. The van der Waals surface area contributed by atoms with Gasteiger partial charge in [-0.2, -0.15) is 0 Å². The number of methoxy groups -OCH3 is 1. The fraction of sp³-hybridized carbons (Fsp3) is 0.526. The molecule has 1 aliphatic rings. The zero-order valence-corrected chi connectivity index (χ0v) is 17.9. The molecule has 28 heavy (non-hydrogen) atoms.